The zero-order chi connectivity index (χ0) is 14.5. The third-order valence-electron chi connectivity index (χ3n) is 3.82. The van der Waals surface area contributed by atoms with Crippen molar-refractivity contribution in [3.05, 3.63) is 35.6 Å². The third kappa shape index (κ3) is 3.35. The van der Waals surface area contributed by atoms with Crippen LogP contribution >= 0.6 is 0 Å². The van der Waals surface area contributed by atoms with Gasteiger partial charge in [0.05, 0.1) is 6.54 Å². The summed E-state index contributed by atoms with van der Waals surface area (Å²) in [4.78, 5) is 16.1. The van der Waals surface area contributed by atoms with Crippen molar-refractivity contribution in [1.29, 1.82) is 0 Å². The van der Waals surface area contributed by atoms with Crippen molar-refractivity contribution in [3.63, 3.8) is 0 Å². The fraction of sp³-hybridized carbons (Fsp3) is 0.533. The van der Waals surface area contributed by atoms with Gasteiger partial charge in [0.15, 0.2) is 0 Å². The molecule has 1 aliphatic heterocycles. The molecular weight excluding hydrogens is 257 g/mol. The van der Waals surface area contributed by atoms with E-state index in [0.29, 0.717) is 13.1 Å². The highest BCUT2D eigenvalue weighted by molar-refractivity contribution is 5.80. The monoisotopic (exact) mass is 279 g/mol. The average Bonchev–Trinajstić information content (AvgIpc) is 2.82. The Kier molecular flexibility index (Phi) is 5.09. The summed E-state index contributed by atoms with van der Waals surface area (Å²) in [5.41, 5.74) is 0.928. The number of rotatable bonds is 6. The highest BCUT2D eigenvalue weighted by atomic mass is 19.1. The van der Waals surface area contributed by atoms with E-state index in [1.165, 1.54) is 12.1 Å². The second-order valence-corrected chi connectivity index (χ2v) is 4.95. The minimum absolute atomic E-state index is 0.103. The SMILES string of the molecule is CCN(CC)CCN1C(=O)CNC1c1ccc(F)cc1. The first kappa shape index (κ1) is 14.9. The Morgan fingerprint density at radius 1 is 1.30 bits per heavy atom. The van der Waals surface area contributed by atoms with Crippen LogP contribution in [-0.4, -0.2) is 48.4 Å². The number of carbonyl (C=O) groups excluding carboxylic acids is 1. The molecule has 0 radical (unpaired) electrons. The van der Waals surface area contributed by atoms with Gasteiger partial charge in [0.25, 0.3) is 0 Å². The predicted molar refractivity (Wildman–Crippen MR) is 76.6 cm³/mol. The van der Waals surface area contributed by atoms with E-state index in [1.807, 2.05) is 4.90 Å². The minimum Gasteiger partial charge on any atom is -0.321 e. The molecule has 1 aliphatic rings. The Morgan fingerprint density at radius 2 is 1.95 bits per heavy atom. The first-order valence-electron chi connectivity index (χ1n) is 7.16. The van der Waals surface area contributed by atoms with Gasteiger partial charge in [0.2, 0.25) is 5.91 Å². The molecule has 1 heterocycles. The molecule has 1 unspecified atom stereocenters. The van der Waals surface area contributed by atoms with Crippen molar-refractivity contribution in [3.8, 4) is 0 Å². The molecule has 1 amide bonds. The second-order valence-electron chi connectivity index (χ2n) is 4.95. The van der Waals surface area contributed by atoms with Crippen LogP contribution in [0.5, 0.6) is 0 Å². The van der Waals surface area contributed by atoms with E-state index < -0.39 is 0 Å². The number of benzene rings is 1. The highest BCUT2D eigenvalue weighted by Crippen LogP contribution is 2.22. The minimum atomic E-state index is -0.257. The third-order valence-corrected chi connectivity index (χ3v) is 3.82. The number of likely N-dealkylation sites (N-methyl/N-ethyl adjacent to an activating group) is 1. The second kappa shape index (κ2) is 6.81. The first-order valence-corrected chi connectivity index (χ1v) is 7.16. The molecule has 20 heavy (non-hydrogen) atoms. The fourth-order valence-corrected chi connectivity index (χ4v) is 2.53. The van der Waals surface area contributed by atoms with Crippen molar-refractivity contribution >= 4 is 5.91 Å². The molecule has 0 aromatic heterocycles. The van der Waals surface area contributed by atoms with E-state index in [-0.39, 0.29) is 17.9 Å². The van der Waals surface area contributed by atoms with Gasteiger partial charge in [-0.3, -0.25) is 10.1 Å². The summed E-state index contributed by atoms with van der Waals surface area (Å²) in [5, 5.41) is 3.19. The summed E-state index contributed by atoms with van der Waals surface area (Å²) in [7, 11) is 0. The Bertz CT molecular complexity index is 445. The number of nitrogens with one attached hydrogen (secondary N) is 1. The zero-order valence-corrected chi connectivity index (χ0v) is 12.1. The number of amides is 1. The lowest BCUT2D eigenvalue weighted by molar-refractivity contribution is -0.128. The molecule has 0 bridgehead atoms. The predicted octanol–water partition coefficient (Wildman–Crippen LogP) is 1.60. The van der Waals surface area contributed by atoms with Crippen molar-refractivity contribution in [2.75, 3.05) is 32.7 Å². The van der Waals surface area contributed by atoms with Gasteiger partial charge in [-0.05, 0) is 30.8 Å². The van der Waals surface area contributed by atoms with Crippen LogP contribution in [0.2, 0.25) is 0 Å². The Morgan fingerprint density at radius 3 is 2.55 bits per heavy atom. The van der Waals surface area contributed by atoms with E-state index in [0.717, 1.165) is 25.2 Å². The van der Waals surface area contributed by atoms with Crippen molar-refractivity contribution < 1.29 is 9.18 Å². The fourth-order valence-electron chi connectivity index (χ4n) is 2.53. The normalized spacial score (nSPS) is 19.1. The zero-order valence-electron chi connectivity index (χ0n) is 12.1. The number of hydrogen-bond donors (Lipinski definition) is 1. The lowest BCUT2D eigenvalue weighted by Gasteiger charge is -2.27. The first-order chi connectivity index (χ1) is 9.65. The number of carbonyl (C=O) groups is 1. The lowest BCUT2D eigenvalue weighted by atomic mass is 10.1. The van der Waals surface area contributed by atoms with Gasteiger partial charge in [-0.2, -0.15) is 0 Å². The van der Waals surface area contributed by atoms with Gasteiger partial charge < -0.3 is 9.80 Å². The smallest absolute Gasteiger partial charge is 0.238 e. The quantitative estimate of drug-likeness (QED) is 0.859. The molecule has 1 aromatic carbocycles. The van der Waals surface area contributed by atoms with Crippen LogP contribution < -0.4 is 5.32 Å². The van der Waals surface area contributed by atoms with E-state index in [9.17, 15) is 9.18 Å². The Balaban J connectivity index is 2.04. The van der Waals surface area contributed by atoms with Crippen LogP contribution in [0.25, 0.3) is 0 Å². The van der Waals surface area contributed by atoms with Crippen LogP contribution in [-0.2, 0) is 4.79 Å². The number of halogens is 1. The topological polar surface area (TPSA) is 35.6 Å². The largest absolute Gasteiger partial charge is 0.321 e. The molecule has 5 heteroatoms. The van der Waals surface area contributed by atoms with Crippen LogP contribution in [0, 0.1) is 5.82 Å². The number of nitrogens with zero attached hydrogens (tertiary/aromatic N) is 2. The maximum Gasteiger partial charge on any atom is 0.238 e. The van der Waals surface area contributed by atoms with Gasteiger partial charge in [-0.1, -0.05) is 26.0 Å². The van der Waals surface area contributed by atoms with Crippen LogP contribution in [0.4, 0.5) is 4.39 Å². The van der Waals surface area contributed by atoms with Gasteiger partial charge in [0, 0.05) is 13.1 Å². The van der Waals surface area contributed by atoms with Crippen molar-refractivity contribution in [2.24, 2.45) is 0 Å². The van der Waals surface area contributed by atoms with Gasteiger partial charge in [-0.25, -0.2) is 4.39 Å². The average molecular weight is 279 g/mol. The molecule has 1 N–H and O–H groups in total. The molecule has 0 spiro atoms. The van der Waals surface area contributed by atoms with Crippen LogP contribution in [0.1, 0.15) is 25.6 Å². The molecule has 4 nitrogen and oxygen atoms in total. The molecule has 2 rings (SSSR count). The molecule has 1 atom stereocenters. The summed E-state index contributed by atoms with van der Waals surface area (Å²) in [6.45, 7) is 8.09. The maximum atomic E-state index is 13.0. The Hall–Kier alpha value is -1.46. The van der Waals surface area contributed by atoms with E-state index in [2.05, 4.69) is 24.1 Å². The molecular formula is C15H22FN3O. The molecule has 0 saturated carbocycles. The van der Waals surface area contributed by atoms with Crippen molar-refractivity contribution in [1.82, 2.24) is 15.1 Å². The molecule has 1 saturated heterocycles. The number of hydrogen-bond acceptors (Lipinski definition) is 3. The summed E-state index contributed by atoms with van der Waals surface area (Å²) in [6, 6.07) is 6.33. The summed E-state index contributed by atoms with van der Waals surface area (Å²) in [6.07, 6.45) is -0.140. The van der Waals surface area contributed by atoms with Crippen LogP contribution in [0.15, 0.2) is 24.3 Å². The molecule has 0 aliphatic carbocycles. The van der Waals surface area contributed by atoms with E-state index in [1.54, 1.807) is 12.1 Å². The lowest BCUT2D eigenvalue weighted by Crippen LogP contribution is -2.38. The molecule has 110 valence electrons. The summed E-state index contributed by atoms with van der Waals surface area (Å²) < 4.78 is 13.0. The molecule has 1 aromatic rings. The van der Waals surface area contributed by atoms with Gasteiger partial charge >= 0.3 is 0 Å². The van der Waals surface area contributed by atoms with Crippen LogP contribution in [0.3, 0.4) is 0 Å². The summed E-state index contributed by atoms with van der Waals surface area (Å²) >= 11 is 0. The summed E-state index contributed by atoms with van der Waals surface area (Å²) in [5.74, 6) is -0.153. The van der Waals surface area contributed by atoms with Gasteiger partial charge in [0.1, 0.15) is 12.0 Å². The molecule has 1 fully saturated rings. The van der Waals surface area contributed by atoms with E-state index >= 15 is 0 Å². The van der Waals surface area contributed by atoms with Crippen molar-refractivity contribution in [2.45, 2.75) is 20.0 Å². The van der Waals surface area contributed by atoms with Gasteiger partial charge in [-0.15, -0.1) is 0 Å². The highest BCUT2D eigenvalue weighted by Gasteiger charge is 2.31. The Labute approximate surface area is 119 Å². The van der Waals surface area contributed by atoms with E-state index in [4.69, 9.17) is 0 Å². The maximum absolute atomic E-state index is 13.0. The standard InChI is InChI=1S/C15H22FN3O/c1-3-18(4-2)9-10-19-14(20)11-17-15(19)12-5-7-13(16)8-6-12/h5-8,15,17H,3-4,9-11H2,1-2H3.